The van der Waals surface area contributed by atoms with E-state index < -0.39 is 11.7 Å². The van der Waals surface area contributed by atoms with Crippen molar-refractivity contribution >= 4 is 6.41 Å². The maximum Gasteiger partial charge on any atom is 0.416 e. The molecule has 2 aromatic rings. The van der Waals surface area contributed by atoms with Crippen LogP contribution in [0, 0.1) is 0 Å². The van der Waals surface area contributed by atoms with Crippen LogP contribution in [0.5, 0.6) is 0 Å². The third-order valence-electron chi connectivity index (χ3n) is 5.48. The molecule has 1 aliphatic rings. The second-order valence-corrected chi connectivity index (χ2v) is 6.96. The monoisotopic (exact) mass is 361 g/mol. The number of benzene rings is 2. The zero-order chi connectivity index (χ0) is 18.8. The van der Waals surface area contributed by atoms with E-state index in [0.717, 1.165) is 60.9 Å². The fourth-order valence-corrected chi connectivity index (χ4v) is 3.91. The minimum absolute atomic E-state index is 0.279. The van der Waals surface area contributed by atoms with Gasteiger partial charge in [-0.25, -0.2) is 0 Å². The van der Waals surface area contributed by atoms with Crippen LogP contribution in [0.25, 0.3) is 11.1 Å². The molecule has 0 radical (unpaired) electrons. The highest BCUT2D eigenvalue weighted by molar-refractivity contribution is 5.64. The Kier molecular flexibility index (Phi) is 5.08. The number of hydrogen-bond acceptors (Lipinski definition) is 1. The minimum Gasteiger partial charge on any atom is -0.339 e. The first-order valence-electron chi connectivity index (χ1n) is 8.83. The molecule has 0 aliphatic heterocycles. The maximum absolute atomic E-state index is 12.7. The van der Waals surface area contributed by atoms with Gasteiger partial charge in [-0.3, -0.25) is 4.79 Å². The molecule has 0 saturated heterocycles. The molecular formula is C21H22F3NO. The molecule has 1 aliphatic carbocycles. The van der Waals surface area contributed by atoms with Crippen LogP contribution >= 0.6 is 0 Å². The molecule has 0 spiro atoms. The molecule has 1 amide bonds. The van der Waals surface area contributed by atoms with Crippen molar-refractivity contribution in [1.29, 1.82) is 0 Å². The third-order valence-corrected chi connectivity index (χ3v) is 5.48. The Morgan fingerprint density at radius 1 is 0.885 bits per heavy atom. The van der Waals surface area contributed by atoms with Gasteiger partial charge in [0.2, 0.25) is 6.41 Å². The van der Waals surface area contributed by atoms with Crippen LogP contribution in [0.4, 0.5) is 13.2 Å². The van der Waals surface area contributed by atoms with Gasteiger partial charge >= 0.3 is 6.18 Å². The predicted octanol–water partition coefficient (Wildman–Crippen LogP) is 5.62. The van der Waals surface area contributed by atoms with Gasteiger partial charge in [-0.2, -0.15) is 13.2 Å². The number of amides is 1. The Bertz CT molecular complexity index is 744. The summed E-state index contributed by atoms with van der Waals surface area (Å²) in [5.41, 5.74) is 1.76. The summed E-state index contributed by atoms with van der Waals surface area (Å²) < 4.78 is 38.1. The van der Waals surface area contributed by atoms with Crippen LogP contribution in [-0.2, 0) is 16.5 Å². The van der Waals surface area contributed by atoms with Gasteiger partial charge in [-0.15, -0.1) is 0 Å². The fraction of sp³-hybridized carbons (Fsp3) is 0.381. The molecule has 2 aromatic carbocycles. The average Bonchev–Trinajstić information content (AvgIpc) is 2.67. The average molecular weight is 361 g/mol. The van der Waals surface area contributed by atoms with Crippen LogP contribution in [0.3, 0.4) is 0 Å². The van der Waals surface area contributed by atoms with E-state index in [-0.39, 0.29) is 5.54 Å². The molecule has 1 saturated carbocycles. The van der Waals surface area contributed by atoms with Crippen LogP contribution in [0.1, 0.15) is 43.2 Å². The molecule has 1 fully saturated rings. The maximum atomic E-state index is 12.7. The lowest BCUT2D eigenvalue weighted by Crippen LogP contribution is -2.44. The minimum atomic E-state index is -4.32. The van der Waals surface area contributed by atoms with Gasteiger partial charge in [0.1, 0.15) is 0 Å². The van der Waals surface area contributed by atoms with E-state index in [9.17, 15) is 18.0 Å². The van der Waals surface area contributed by atoms with Gasteiger partial charge in [0.25, 0.3) is 0 Å². The molecule has 0 unspecified atom stereocenters. The van der Waals surface area contributed by atoms with E-state index in [1.165, 1.54) is 18.6 Å². The number of hydrogen-bond donors (Lipinski definition) is 0. The quantitative estimate of drug-likeness (QED) is 0.647. The number of nitrogens with zero attached hydrogens (tertiary/aromatic N) is 1. The largest absolute Gasteiger partial charge is 0.416 e. The van der Waals surface area contributed by atoms with Gasteiger partial charge in [0.15, 0.2) is 0 Å². The van der Waals surface area contributed by atoms with E-state index in [1.807, 2.05) is 31.3 Å². The number of carbonyl (C=O) groups excluding carboxylic acids is 1. The van der Waals surface area contributed by atoms with Crippen molar-refractivity contribution in [3.8, 4) is 11.1 Å². The number of rotatable bonds is 4. The van der Waals surface area contributed by atoms with E-state index in [1.54, 1.807) is 4.90 Å². The van der Waals surface area contributed by atoms with E-state index in [0.29, 0.717) is 0 Å². The molecule has 2 nitrogen and oxygen atoms in total. The summed E-state index contributed by atoms with van der Waals surface area (Å²) in [5, 5.41) is 0. The smallest absolute Gasteiger partial charge is 0.339 e. The summed E-state index contributed by atoms with van der Waals surface area (Å²) in [4.78, 5) is 13.2. The fourth-order valence-electron chi connectivity index (χ4n) is 3.91. The molecule has 26 heavy (non-hydrogen) atoms. The first-order valence-corrected chi connectivity index (χ1v) is 8.83. The Balaban J connectivity index is 1.89. The topological polar surface area (TPSA) is 20.3 Å². The normalized spacial score (nSPS) is 16.9. The predicted molar refractivity (Wildman–Crippen MR) is 95.5 cm³/mol. The summed E-state index contributed by atoms with van der Waals surface area (Å²) in [6.45, 7) is 0. The molecule has 138 valence electrons. The summed E-state index contributed by atoms with van der Waals surface area (Å²) in [6.07, 6.45) is 1.77. The van der Waals surface area contributed by atoms with Crippen LogP contribution in [0.15, 0.2) is 48.5 Å². The van der Waals surface area contributed by atoms with Crippen LogP contribution in [0.2, 0.25) is 0 Å². The standard InChI is InChI=1S/C21H22F3NO/c1-25(15-26)20(13-3-2-4-14-20)18-9-5-16(6-10-18)17-7-11-19(12-8-17)21(22,23)24/h5-12,15H,2-4,13-14H2,1H3. The number of carbonyl (C=O) groups is 1. The van der Waals surface area contributed by atoms with Crippen LogP contribution < -0.4 is 0 Å². The summed E-state index contributed by atoms with van der Waals surface area (Å²) in [7, 11) is 1.82. The zero-order valence-corrected chi connectivity index (χ0v) is 14.7. The lowest BCUT2D eigenvalue weighted by Gasteiger charge is -2.43. The van der Waals surface area contributed by atoms with Gasteiger partial charge in [0, 0.05) is 7.05 Å². The molecule has 0 N–H and O–H groups in total. The van der Waals surface area contributed by atoms with Crippen molar-refractivity contribution in [2.45, 2.75) is 43.8 Å². The first-order chi connectivity index (χ1) is 12.4. The molecule has 0 atom stereocenters. The zero-order valence-electron chi connectivity index (χ0n) is 14.7. The van der Waals surface area contributed by atoms with Gasteiger partial charge < -0.3 is 4.90 Å². The van der Waals surface area contributed by atoms with Crippen molar-refractivity contribution < 1.29 is 18.0 Å². The first kappa shape index (κ1) is 18.5. The van der Waals surface area contributed by atoms with Crippen molar-refractivity contribution in [1.82, 2.24) is 4.90 Å². The Hall–Kier alpha value is -2.30. The molecule has 5 heteroatoms. The van der Waals surface area contributed by atoms with Crippen LogP contribution in [-0.4, -0.2) is 18.4 Å². The molecule has 0 bridgehead atoms. The molecular weight excluding hydrogens is 339 g/mol. The lowest BCUT2D eigenvalue weighted by molar-refractivity contribution is -0.137. The SMILES string of the molecule is CN(C=O)C1(c2ccc(-c3ccc(C(F)(F)F)cc3)cc2)CCCCC1. The van der Waals surface area contributed by atoms with E-state index in [2.05, 4.69) is 0 Å². The van der Waals surface area contributed by atoms with Gasteiger partial charge in [0.05, 0.1) is 11.1 Å². The highest BCUT2D eigenvalue weighted by atomic mass is 19.4. The lowest BCUT2D eigenvalue weighted by atomic mass is 9.75. The van der Waals surface area contributed by atoms with Crippen molar-refractivity contribution in [2.75, 3.05) is 7.05 Å². The number of alkyl halides is 3. The van der Waals surface area contributed by atoms with E-state index in [4.69, 9.17) is 0 Å². The Morgan fingerprint density at radius 3 is 1.85 bits per heavy atom. The highest BCUT2D eigenvalue weighted by Crippen LogP contribution is 2.41. The second kappa shape index (κ2) is 7.14. The highest BCUT2D eigenvalue weighted by Gasteiger charge is 2.37. The second-order valence-electron chi connectivity index (χ2n) is 6.96. The summed E-state index contributed by atoms with van der Waals surface area (Å²) in [6, 6.07) is 13.0. The van der Waals surface area contributed by atoms with E-state index >= 15 is 0 Å². The molecule has 0 heterocycles. The van der Waals surface area contributed by atoms with Crippen molar-refractivity contribution in [2.24, 2.45) is 0 Å². The molecule has 0 aromatic heterocycles. The number of halogens is 3. The van der Waals surface area contributed by atoms with Crippen molar-refractivity contribution in [3.63, 3.8) is 0 Å². The Labute approximate surface area is 151 Å². The van der Waals surface area contributed by atoms with Crippen molar-refractivity contribution in [3.05, 3.63) is 59.7 Å². The third kappa shape index (κ3) is 3.48. The van der Waals surface area contributed by atoms with Gasteiger partial charge in [-0.1, -0.05) is 55.7 Å². The Morgan fingerprint density at radius 2 is 1.38 bits per heavy atom. The summed E-state index contributed by atoms with van der Waals surface area (Å²) in [5.74, 6) is 0. The van der Waals surface area contributed by atoms with Gasteiger partial charge in [-0.05, 0) is 41.7 Å². The molecule has 3 rings (SSSR count). The summed E-state index contributed by atoms with van der Waals surface area (Å²) >= 11 is 0.